The molecule has 0 fully saturated rings. The van der Waals surface area contributed by atoms with Gasteiger partial charge >= 0.3 is 0 Å². The average Bonchev–Trinajstić information content (AvgIpc) is 3.25. The Bertz CT molecular complexity index is 890. The summed E-state index contributed by atoms with van der Waals surface area (Å²) < 4.78 is 1.98. The number of nitrogens with zero attached hydrogens (tertiary/aromatic N) is 2. The van der Waals surface area contributed by atoms with E-state index in [9.17, 15) is 9.59 Å². The topological polar surface area (TPSA) is 90.0 Å². The Morgan fingerprint density at radius 2 is 1.92 bits per heavy atom. The van der Waals surface area contributed by atoms with Gasteiger partial charge < -0.3 is 15.6 Å². The van der Waals surface area contributed by atoms with Crippen LogP contribution in [0.1, 0.15) is 23.7 Å². The molecule has 0 bridgehead atoms. The second kappa shape index (κ2) is 8.16. The molecule has 0 aliphatic rings. The molecule has 6 nitrogen and oxygen atoms in total. The van der Waals surface area contributed by atoms with Crippen molar-refractivity contribution in [2.24, 2.45) is 5.73 Å². The van der Waals surface area contributed by atoms with Gasteiger partial charge in [-0.15, -0.1) is 11.3 Å². The first kappa shape index (κ1) is 18.2. The summed E-state index contributed by atoms with van der Waals surface area (Å²) in [4.78, 5) is 27.7. The Balaban J connectivity index is 1.72. The van der Waals surface area contributed by atoms with E-state index in [1.807, 2.05) is 53.4 Å². The van der Waals surface area contributed by atoms with Crippen LogP contribution in [-0.4, -0.2) is 21.4 Å². The number of nitrogens with two attached hydrogens (primary N) is 1. The number of nitrogens with one attached hydrogen (secondary N) is 1. The van der Waals surface area contributed by atoms with Crippen LogP contribution >= 0.6 is 22.9 Å². The monoisotopic (exact) mass is 388 g/mol. The summed E-state index contributed by atoms with van der Waals surface area (Å²) in [5.74, 6) is -0.623. The standard InChI is InChI=1S/C18H17ClN4O2S/c19-13-5-3-12(4-6-13)15(23-7-1-2-8-23)10-17(25)22-18-21-14(11-26-18)9-16(20)24/h1-8,11,15H,9-10H2,(H2,20,24)(H,21,22,25)/t15-/m0/s1. The summed E-state index contributed by atoms with van der Waals surface area (Å²) >= 11 is 7.23. The summed E-state index contributed by atoms with van der Waals surface area (Å²) in [5, 5.41) is 5.60. The highest BCUT2D eigenvalue weighted by molar-refractivity contribution is 7.13. The van der Waals surface area contributed by atoms with Crippen LogP contribution in [-0.2, 0) is 16.0 Å². The van der Waals surface area contributed by atoms with Gasteiger partial charge in [0.2, 0.25) is 11.8 Å². The normalized spacial score (nSPS) is 11.9. The van der Waals surface area contributed by atoms with Crippen LogP contribution in [0.5, 0.6) is 0 Å². The van der Waals surface area contributed by atoms with Crippen LogP contribution in [0.25, 0.3) is 0 Å². The zero-order chi connectivity index (χ0) is 18.5. The van der Waals surface area contributed by atoms with Gasteiger partial charge in [-0.2, -0.15) is 0 Å². The summed E-state index contributed by atoms with van der Waals surface area (Å²) in [7, 11) is 0. The molecule has 2 heterocycles. The van der Waals surface area contributed by atoms with Crippen molar-refractivity contribution in [3.63, 3.8) is 0 Å². The summed E-state index contributed by atoms with van der Waals surface area (Å²) in [6.45, 7) is 0. The van der Waals surface area contributed by atoms with Gasteiger partial charge in [-0.05, 0) is 29.8 Å². The maximum Gasteiger partial charge on any atom is 0.228 e. The van der Waals surface area contributed by atoms with Crippen LogP contribution in [0.2, 0.25) is 5.02 Å². The van der Waals surface area contributed by atoms with E-state index in [2.05, 4.69) is 10.3 Å². The summed E-state index contributed by atoms with van der Waals surface area (Å²) in [6, 6.07) is 11.1. The number of primary amides is 1. The van der Waals surface area contributed by atoms with Gasteiger partial charge in [0.05, 0.1) is 24.6 Å². The molecule has 134 valence electrons. The fourth-order valence-corrected chi connectivity index (χ4v) is 3.46. The molecule has 0 aliphatic carbocycles. The van der Waals surface area contributed by atoms with Crippen LogP contribution in [0.4, 0.5) is 5.13 Å². The number of carbonyl (C=O) groups is 2. The molecule has 3 aromatic rings. The number of halogens is 1. The molecule has 0 aliphatic heterocycles. The van der Waals surface area contributed by atoms with Crippen molar-refractivity contribution in [3.05, 3.63) is 70.5 Å². The van der Waals surface area contributed by atoms with E-state index in [1.165, 1.54) is 11.3 Å². The van der Waals surface area contributed by atoms with E-state index in [0.717, 1.165) is 5.56 Å². The van der Waals surface area contributed by atoms with Crippen LogP contribution in [0.15, 0.2) is 54.2 Å². The Morgan fingerprint density at radius 1 is 1.23 bits per heavy atom. The molecule has 1 aromatic carbocycles. The van der Waals surface area contributed by atoms with Gasteiger partial charge in [0.1, 0.15) is 0 Å². The molecule has 3 N–H and O–H groups in total. The Labute approximate surface area is 159 Å². The van der Waals surface area contributed by atoms with Crippen LogP contribution < -0.4 is 11.1 Å². The molecule has 0 radical (unpaired) electrons. The molecule has 0 spiro atoms. The number of hydrogen-bond acceptors (Lipinski definition) is 4. The third kappa shape index (κ3) is 4.71. The van der Waals surface area contributed by atoms with E-state index in [0.29, 0.717) is 15.8 Å². The van der Waals surface area contributed by atoms with Crippen molar-refractivity contribution >= 4 is 39.9 Å². The van der Waals surface area contributed by atoms with E-state index in [1.54, 1.807) is 5.38 Å². The fraction of sp³-hybridized carbons (Fsp3) is 0.167. The first-order valence-corrected chi connectivity index (χ1v) is 9.17. The first-order chi connectivity index (χ1) is 12.5. The lowest BCUT2D eigenvalue weighted by Crippen LogP contribution is -2.19. The van der Waals surface area contributed by atoms with Gasteiger partial charge in [-0.1, -0.05) is 23.7 Å². The predicted molar refractivity (Wildman–Crippen MR) is 102 cm³/mol. The lowest BCUT2D eigenvalue weighted by Gasteiger charge is -2.19. The summed E-state index contributed by atoms with van der Waals surface area (Å²) in [5.41, 5.74) is 6.69. The first-order valence-electron chi connectivity index (χ1n) is 7.92. The van der Waals surface area contributed by atoms with Crippen molar-refractivity contribution in [1.82, 2.24) is 9.55 Å². The number of anilines is 1. The molecule has 1 atom stereocenters. The van der Waals surface area contributed by atoms with Gasteiger partial charge in [0, 0.05) is 22.8 Å². The molecule has 8 heteroatoms. The molecule has 3 rings (SSSR count). The minimum Gasteiger partial charge on any atom is -0.369 e. The summed E-state index contributed by atoms with van der Waals surface area (Å²) in [6.07, 6.45) is 4.13. The largest absolute Gasteiger partial charge is 0.369 e. The Morgan fingerprint density at radius 3 is 2.58 bits per heavy atom. The van der Waals surface area contributed by atoms with Gasteiger partial charge in [-0.3, -0.25) is 9.59 Å². The lowest BCUT2D eigenvalue weighted by molar-refractivity contribution is -0.117. The Hall–Kier alpha value is -2.64. The van der Waals surface area contributed by atoms with E-state index >= 15 is 0 Å². The number of amides is 2. The molecular formula is C18H17ClN4O2S. The predicted octanol–water partition coefficient (Wildman–Crippen LogP) is 3.24. The van der Waals surface area contributed by atoms with Crippen molar-refractivity contribution in [1.29, 1.82) is 0 Å². The highest BCUT2D eigenvalue weighted by Crippen LogP contribution is 2.25. The molecule has 0 unspecified atom stereocenters. The van der Waals surface area contributed by atoms with Crippen molar-refractivity contribution in [3.8, 4) is 0 Å². The maximum atomic E-state index is 12.5. The average molecular weight is 389 g/mol. The molecule has 0 saturated carbocycles. The molecule has 2 amide bonds. The third-order valence-corrected chi connectivity index (χ3v) is 4.83. The second-order valence-corrected chi connectivity index (χ2v) is 7.03. The minimum atomic E-state index is -0.455. The quantitative estimate of drug-likeness (QED) is 0.651. The SMILES string of the molecule is NC(=O)Cc1csc(NC(=O)C[C@@H](c2ccc(Cl)cc2)n2cccc2)n1. The number of hydrogen-bond donors (Lipinski definition) is 2. The molecule has 26 heavy (non-hydrogen) atoms. The van der Waals surface area contributed by atoms with Crippen LogP contribution in [0, 0.1) is 0 Å². The minimum absolute atomic E-state index is 0.0587. The van der Waals surface area contributed by atoms with E-state index in [-0.39, 0.29) is 24.8 Å². The number of thiazole rings is 1. The number of rotatable bonds is 7. The van der Waals surface area contributed by atoms with E-state index in [4.69, 9.17) is 17.3 Å². The number of benzene rings is 1. The van der Waals surface area contributed by atoms with Gasteiger partial charge in [0.25, 0.3) is 0 Å². The maximum absolute atomic E-state index is 12.5. The molecular weight excluding hydrogens is 372 g/mol. The van der Waals surface area contributed by atoms with E-state index < -0.39 is 5.91 Å². The van der Waals surface area contributed by atoms with Crippen LogP contribution in [0.3, 0.4) is 0 Å². The van der Waals surface area contributed by atoms with Crippen molar-refractivity contribution in [2.75, 3.05) is 5.32 Å². The Kier molecular flexibility index (Phi) is 5.70. The number of aromatic nitrogens is 2. The fourth-order valence-electron chi connectivity index (χ4n) is 2.61. The second-order valence-electron chi connectivity index (χ2n) is 5.74. The van der Waals surface area contributed by atoms with Crippen molar-refractivity contribution < 1.29 is 9.59 Å². The smallest absolute Gasteiger partial charge is 0.228 e. The zero-order valence-electron chi connectivity index (χ0n) is 13.8. The number of carbonyl (C=O) groups excluding carboxylic acids is 2. The van der Waals surface area contributed by atoms with Gasteiger partial charge in [0.15, 0.2) is 5.13 Å². The van der Waals surface area contributed by atoms with Crippen molar-refractivity contribution in [2.45, 2.75) is 18.9 Å². The zero-order valence-corrected chi connectivity index (χ0v) is 15.3. The highest BCUT2D eigenvalue weighted by Gasteiger charge is 2.18. The lowest BCUT2D eigenvalue weighted by atomic mass is 10.0. The molecule has 0 saturated heterocycles. The highest BCUT2D eigenvalue weighted by atomic mass is 35.5. The third-order valence-electron chi connectivity index (χ3n) is 3.77. The van der Waals surface area contributed by atoms with Gasteiger partial charge in [-0.25, -0.2) is 4.98 Å². The molecule has 2 aromatic heterocycles.